The van der Waals surface area contributed by atoms with Crippen LogP contribution in [0, 0.1) is 5.82 Å². The third kappa shape index (κ3) is 4.73. The average Bonchev–Trinajstić information content (AvgIpc) is 3.47. The van der Waals surface area contributed by atoms with E-state index in [0.717, 1.165) is 0 Å². The predicted octanol–water partition coefficient (Wildman–Crippen LogP) is 6.20. The van der Waals surface area contributed by atoms with E-state index < -0.39 is 17.4 Å². The number of nitrogens with zero attached hydrogens (tertiary/aromatic N) is 2. The molecule has 2 aliphatic heterocycles. The Morgan fingerprint density at radius 1 is 1.22 bits per heavy atom. The molecule has 2 aliphatic rings. The molecule has 2 atom stereocenters. The molecule has 1 saturated heterocycles. The van der Waals surface area contributed by atoms with Crippen LogP contribution < -0.4 is 0 Å². The van der Waals surface area contributed by atoms with Gasteiger partial charge in [-0.2, -0.15) is 0 Å². The summed E-state index contributed by atoms with van der Waals surface area (Å²) in [6, 6.07) is 13.2. The Labute approximate surface area is 224 Å². The number of halogens is 3. The first-order valence-corrected chi connectivity index (χ1v) is 12.7. The minimum atomic E-state index is -1.59. The number of carbonyl (C=O) groups excluding carboxylic acids is 1. The van der Waals surface area contributed by atoms with E-state index in [1.807, 2.05) is 6.92 Å². The number of rotatable bonds is 8. The van der Waals surface area contributed by atoms with Crippen LogP contribution in [0.25, 0.3) is 5.76 Å². The van der Waals surface area contributed by atoms with Crippen molar-refractivity contribution in [2.75, 3.05) is 19.8 Å². The fourth-order valence-corrected chi connectivity index (χ4v) is 5.06. The molecule has 0 radical (unpaired) electrons. The van der Waals surface area contributed by atoms with Gasteiger partial charge in [0.05, 0.1) is 47.7 Å². The second-order valence-electron chi connectivity index (χ2n) is 8.85. The van der Waals surface area contributed by atoms with Crippen molar-refractivity contribution in [1.82, 2.24) is 9.88 Å². The van der Waals surface area contributed by atoms with E-state index in [1.54, 1.807) is 42.5 Å². The van der Waals surface area contributed by atoms with Gasteiger partial charge in [-0.15, -0.1) is 0 Å². The Morgan fingerprint density at radius 2 is 1.97 bits per heavy atom. The molecule has 37 heavy (non-hydrogen) atoms. The Kier molecular flexibility index (Phi) is 7.23. The van der Waals surface area contributed by atoms with Gasteiger partial charge < -0.3 is 14.2 Å². The zero-order valence-electron chi connectivity index (χ0n) is 20.2. The highest BCUT2D eigenvalue weighted by molar-refractivity contribution is 6.30. The average molecular weight is 543 g/mol. The molecule has 0 N–H and O–H groups in total. The molecule has 1 aromatic heterocycles. The Morgan fingerprint density at radius 3 is 2.62 bits per heavy atom. The topological polar surface area (TPSA) is 60.9 Å². The van der Waals surface area contributed by atoms with Crippen molar-refractivity contribution in [3.63, 3.8) is 0 Å². The zero-order chi connectivity index (χ0) is 26.2. The molecular weight excluding hydrogens is 518 g/mol. The lowest BCUT2D eigenvalue weighted by atomic mass is 9.91. The maximum atomic E-state index is 16.2. The van der Waals surface area contributed by atoms with E-state index in [-0.39, 0.29) is 29.5 Å². The molecule has 1 fully saturated rings. The molecule has 2 unspecified atom stereocenters. The van der Waals surface area contributed by atoms with Gasteiger partial charge in [-0.3, -0.25) is 14.7 Å². The van der Waals surface area contributed by atoms with E-state index in [4.69, 9.17) is 37.4 Å². The molecule has 2 aromatic carbocycles. The highest BCUT2D eigenvalue weighted by atomic mass is 35.5. The summed E-state index contributed by atoms with van der Waals surface area (Å²) in [5, 5.41) is 0.968. The van der Waals surface area contributed by atoms with Crippen molar-refractivity contribution in [1.29, 1.82) is 0 Å². The minimum Gasteiger partial charge on any atom is -0.494 e. The van der Waals surface area contributed by atoms with Crippen molar-refractivity contribution in [2.24, 2.45) is 0 Å². The fraction of sp³-hybridized carbons (Fsp3) is 0.286. The van der Waals surface area contributed by atoms with Crippen LogP contribution in [0.3, 0.4) is 0 Å². The number of ether oxygens (including phenoxy) is 3. The molecule has 3 heterocycles. The van der Waals surface area contributed by atoms with Gasteiger partial charge >= 0.3 is 0 Å². The van der Waals surface area contributed by atoms with Crippen molar-refractivity contribution >= 4 is 34.9 Å². The van der Waals surface area contributed by atoms with Crippen LogP contribution in [0.1, 0.15) is 46.1 Å². The van der Waals surface area contributed by atoms with Crippen LogP contribution >= 0.6 is 23.2 Å². The van der Waals surface area contributed by atoms with Gasteiger partial charge in [0.1, 0.15) is 11.6 Å². The second-order valence-corrected chi connectivity index (χ2v) is 9.72. The van der Waals surface area contributed by atoms with E-state index in [9.17, 15) is 4.79 Å². The SMILES string of the molecule is C=C(OCC)c1cc(F)c2c(c1)C(=O)N(Cc1ccc(Cl)cn1)C2(OC1CCOC1)c1ccc(Cl)cc1. The smallest absolute Gasteiger partial charge is 0.257 e. The summed E-state index contributed by atoms with van der Waals surface area (Å²) >= 11 is 12.2. The number of hydrogen-bond donors (Lipinski definition) is 0. The normalized spacial score (nSPS) is 20.8. The fourth-order valence-electron chi connectivity index (χ4n) is 4.82. The minimum absolute atomic E-state index is 0.0437. The maximum absolute atomic E-state index is 16.2. The highest BCUT2D eigenvalue weighted by Crippen LogP contribution is 2.49. The molecule has 1 amide bonds. The van der Waals surface area contributed by atoms with Crippen LogP contribution in [-0.2, 0) is 26.5 Å². The van der Waals surface area contributed by atoms with Crippen molar-refractivity contribution in [3.8, 4) is 0 Å². The Hall–Kier alpha value is -2.97. The summed E-state index contributed by atoms with van der Waals surface area (Å²) in [5.41, 5.74) is 0.195. The molecule has 6 nitrogen and oxygen atoms in total. The Balaban J connectivity index is 1.74. The largest absolute Gasteiger partial charge is 0.494 e. The van der Waals surface area contributed by atoms with E-state index in [1.165, 1.54) is 17.2 Å². The number of fused-ring (bicyclic) bond motifs is 1. The van der Waals surface area contributed by atoms with Gasteiger partial charge in [0.25, 0.3) is 5.91 Å². The molecule has 0 aliphatic carbocycles. The third-order valence-electron chi connectivity index (χ3n) is 6.49. The number of amides is 1. The van der Waals surface area contributed by atoms with Crippen LogP contribution in [0.15, 0.2) is 61.3 Å². The third-order valence-corrected chi connectivity index (χ3v) is 6.97. The summed E-state index contributed by atoms with van der Waals surface area (Å²) in [4.78, 5) is 20.0. The standard InChI is InChI=1S/C28H25Cl2FN2O4/c1-3-36-17(2)18-12-24-26(25(31)13-18)28(37-23-10-11-35-16-23,19-4-6-20(29)7-5-19)33(27(24)34)15-22-9-8-21(30)14-32-22/h4-9,12-14,23H,2-3,10-11,15-16H2,1H3. The van der Waals surface area contributed by atoms with E-state index in [0.29, 0.717) is 53.1 Å². The molecule has 0 saturated carbocycles. The van der Waals surface area contributed by atoms with Gasteiger partial charge in [-0.05, 0) is 49.7 Å². The molecule has 0 spiro atoms. The first kappa shape index (κ1) is 25.7. The first-order valence-electron chi connectivity index (χ1n) is 11.9. The number of carbonyl (C=O) groups is 1. The summed E-state index contributed by atoms with van der Waals surface area (Å²) in [7, 11) is 0. The van der Waals surface area contributed by atoms with Gasteiger partial charge in [0.2, 0.25) is 5.72 Å². The Bertz CT molecular complexity index is 1330. The van der Waals surface area contributed by atoms with Gasteiger partial charge in [0, 0.05) is 29.0 Å². The lowest BCUT2D eigenvalue weighted by Gasteiger charge is -2.41. The van der Waals surface area contributed by atoms with Crippen molar-refractivity contribution in [2.45, 2.75) is 31.7 Å². The monoisotopic (exact) mass is 542 g/mol. The number of aromatic nitrogens is 1. The van der Waals surface area contributed by atoms with Crippen LogP contribution in [-0.4, -0.2) is 41.7 Å². The molecule has 192 valence electrons. The molecular formula is C28H25Cl2FN2O4. The quantitative estimate of drug-likeness (QED) is 0.317. The maximum Gasteiger partial charge on any atom is 0.257 e. The molecule has 5 rings (SSSR count). The molecule has 3 aromatic rings. The van der Waals surface area contributed by atoms with E-state index in [2.05, 4.69) is 11.6 Å². The van der Waals surface area contributed by atoms with Gasteiger partial charge in [-0.25, -0.2) is 4.39 Å². The van der Waals surface area contributed by atoms with Crippen LogP contribution in [0.2, 0.25) is 10.0 Å². The number of pyridine rings is 1. The number of hydrogen-bond acceptors (Lipinski definition) is 5. The summed E-state index contributed by atoms with van der Waals surface area (Å²) < 4.78 is 33.9. The zero-order valence-corrected chi connectivity index (χ0v) is 21.7. The lowest BCUT2D eigenvalue weighted by Crippen LogP contribution is -2.49. The second kappa shape index (κ2) is 10.4. The summed E-state index contributed by atoms with van der Waals surface area (Å²) in [6.45, 7) is 6.94. The van der Waals surface area contributed by atoms with Crippen LogP contribution in [0.4, 0.5) is 4.39 Å². The highest BCUT2D eigenvalue weighted by Gasteiger charge is 2.55. The number of benzene rings is 2. The first-order chi connectivity index (χ1) is 17.8. The van der Waals surface area contributed by atoms with Crippen molar-refractivity contribution < 1.29 is 23.4 Å². The van der Waals surface area contributed by atoms with E-state index >= 15 is 4.39 Å². The summed E-state index contributed by atoms with van der Waals surface area (Å²) in [6.07, 6.45) is 1.74. The predicted molar refractivity (Wildman–Crippen MR) is 139 cm³/mol. The molecule has 0 bridgehead atoms. The van der Waals surface area contributed by atoms with Crippen molar-refractivity contribution in [3.05, 3.63) is 105 Å². The van der Waals surface area contributed by atoms with Gasteiger partial charge in [-0.1, -0.05) is 41.9 Å². The summed E-state index contributed by atoms with van der Waals surface area (Å²) in [5.74, 6) is -0.746. The van der Waals surface area contributed by atoms with Gasteiger partial charge in [0.15, 0.2) is 0 Å². The molecule has 9 heteroatoms. The lowest BCUT2D eigenvalue weighted by molar-refractivity contribution is -0.148. The van der Waals surface area contributed by atoms with Crippen LogP contribution in [0.5, 0.6) is 0 Å².